The highest BCUT2D eigenvalue weighted by Gasteiger charge is 2.36. The third-order valence-electron chi connectivity index (χ3n) is 7.21. The summed E-state index contributed by atoms with van der Waals surface area (Å²) in [5, 5.41) is 8.14. The largest absolute Gasteiger partial charge is 0.349 e. The van der Waals surface area contributed by atoms with Gasteiger partial charge in [-0.2, -0.15) is 5.10 Å². The average molecular weight is 423 g/mol. The molecule has 31 heavy (non-hydrogen) atoms. The molecule has 1 aliphatic carbocycles. The Bertz CT molecular complexity index is 921. The molecule has 0 saturated carbocycles. The number of rotatable bonds is 5. The van der Waals surface area contributed by atoms with Crippen LogP contribution in [-0.4, -0.2) is 39.7 Å². The SMILES string of the molecule is Cc1ccccc1-n1ncc2c1CC(C)(C)C[C@@H]2NC(=O)CC1CCN(C(C)C)CC1. The Labute approximate surface area is 187 Å². The minimum absolute atomic E-state index is 0.0415. The molecule has 1 amide bonds. The molecule has 1 atom stereocenters. The minimum Gasteiger partial charge on any atom is -0.349 e. The summed E-state index contributed by atoms with van der Waals surface area (Å²) in [5.74, 6) is 0.695. The Hall–Kier alpha value is -2.14. The molecule has 1 aliphatic heterocycles. The van der Waals surface area contributed by atoms with Gasteiger partial charge in [-0.25, -0.2) is 4.68 Å². The van der Waals surface area contributed by atoms with Crippen molar-refractivity contribution < 1.29 is 4.79 Å². The predicted octanol–water partition coefficient (Wildman–Crippen LogP) is 4.82. The van der Waals surface area contributed by atoms with E-state index in [1.165, 1.54) is 16.8 Å². The van der Waals surface area contributed by atoms with Crippen LogP contribution >= 0.6 is 0 Å². The van der Waals surface area contributed by atoms with Gasteiger partial charge in [0.2, 0.25) is 5.91 Å². The zero-order valence-electron chi connectivity index (χ0n) is 19.8. The minimum atomic E-state index is 0.0415. The Morgan fingerprint density at radius 2 is 1.94 bits per heavy atom. The fourth-order valence-electron chi connectivity index (χ4n) is 5.37. The standard InChI is InChI=1S/C26H38N4O/c1-18(2)29-12-10-20(11-13-29)14-25(31)28-22-15-26(4,5)16-24-21(22)17-27-30(24)23-9-7-6-8-19(23)3/h6-9,17-18,20,22H,10-16H2,1-5H3,(H,28,31)/t22-/m0/s1. The van der Waals surface area contributed by atoms with Gasteiger partial charge in [0.15, 0.2) is 0 Å². The number of carbonyl (C=O) groups is 1. The van der Waals surface area contributed by atoms with Gasteiger partial charge in [0.05, 0.1) is 23.6 Å². The van der Waals surface area contributed by atoms with Gasteiger partial charge in [0, 0.05) is 18.0 Å². The van der Waals surface area contributed by atoms with Gasteiger partial charge in [0.1, 0.15) is 0 Å². The van der Waals surface area contributed by atoms with Crippen molar-refractivity contribution in [1.29, 1.82) is 0 Å². The van der Waals surface area contributed by atoms with Crippen molar-refractivity contribution >= 4 is 5.91 Å². The van der Waals surface area contributed by atoms with Gasteiger partial charge in [0.25, 0.3) is 0 Å². The molecule has 0 bridgehead atoms. The van der Waals surface area contributed by atoms with Crippen LogP contribution in [0.3, 0.4) is 0 Å². The number of hydrogen-bond donors (Lipinski definition) is 1. The number of piperidine rings is 1. The monoisotopic (exact) mass is 422 g/mol. The number of aryl methyl sites for hydroxylation is 1. The van der Waals surface area contributed by atoms with E-state index in [9.17, 15) is 4.79 Å². The molecule has 0 radical (unpaired) electrons. The third kappa shape index (κ3) is 4.87. The van der Waals surface area contributed by atoms with Crippen LogP contribution in [0.25, 0.3) is 5.69 Å². The van der Waals surface area contributed by atoms with Crippen LogP contribution in [0.4, 0.5) is 0 Å². The Morgan fingerprint density at radius 3 is 2.61 bits per heavy atom. The maximum absolute atomic E-state index is 13.0. The number of aromatic nitrogens is 2. The fraction of sp³-hybridized carbons (Fsp3) is 0.615. The van der Waals surface area contributed by atoms with Crippen molar-refractivity contribution in [2.24, 2.45) is 11.3 Å². The smallest absolute Gasteiger partial charge is 0.220 e. The lowest BCUT2D eigenvalue weighted by atomic mass is 9.74. The fourth-order valence-corrected chi connectivity index (χ4v) is 5.37. The first-order valence-electron chi connectivity index (χ1n) is 11.9. The number of nitrogens with one attached hydrogen (secondary N) is 1. The van der Waals surface area contributed by atoms with Gasteiger partial charge in [-0.15, -0.1) is 0 Å². The first-order chi connectivity index (χ1) is 14.7. The molecule has 5 heteroatoms. The van der Waals surface area contributed by atoms with E-state index in [0.717, 1.165) is 44.5 Å². The van der Waals surface area contributed by atoms with Crippen molar-refractivity contribution in [2.45, 2.75) is 78.8 Å². The number of nitrogens with zero attached hydrogens (tertiary/aromatic N) is 3. The van der Waals surface area contributed by atoms with Crippen molar-refractivity contribution in [3.8, 4) is 5.69 Å². The van der Waals surface area contributed by atoms with Crippen LogP contribution in [0.1, 0.15) is 76.2 Å². The molecule has 1 aromatic carbocycles. The molecule has 1 N–H and O–H groups in total. The van der Waals surface area contributed by atoms with E-state index in [2.05, 4.69) is 73.8 Å². The van der Waals surface area contributed by atoms with E-state index in [1.54, 1.807) is 0 Å². The van der Waals surface area contributed by atoms with Crippen LogP contribution in [0.5, 0.6) is 0 Å². The zero-order chi connectivity index (χ0) is 22.2. The molecule has 2 heterocycles. The number of likely N-dealkylation sites (tertiary alicyclic amines) is 1. The molecule has 2 aromatic rings. The molecule has 2 aliphatic rings. The quantitative estimate of drug-likeness (QED) is 0.751. The molecular weight excluding hydrogens is 384 g/mol. The van der Waals surface area contributed by atoms with Crippen molar-refractivity contribution in [1.82, 2.24) is 20.0 Å². The van der Waals surface area contributed by atoms with Gasteiger partial charge in [-0.05, 0) is 82.5 Å². The Balaban J connectivity index is 1.48. The number of fused-ring (bicyclic) bond motifs is 1. The predicted molar refractivity (Wildman–Crippen MR) is 125 cm³/mol. The van der Waals surface area contributed by atoms with E-state index < -0.39 is 0 Å². The second-order valence-corrected chi connectivity index (χ2v) is 10.7. The van der Waals surface area contributed by atoms with Crippen molar-refractivity contribution in [2.75, 3.05) is 13.1 Å². The topological polar surface area (TPSA) is 50.2 Å². The molecule has 1 fully saturated rings. The van der Waals surface area contributed by atoms with E-state index in [-0.39, 0.29) is 17.4 Å². The molecule has 0 spiro atoms. The number of hydrogen-bond acceptors (Lipinski definition) is 3. The first-order valence-corrected chi connectivity index (χ1v) is 11.9. The Kier molecular flexibility index (Phi) is 6.25. The summed E-state index contributed by atoms with van der Waals surface area (Å²) in [4.78, 5) is 15.5. The summed E-state index contributed by atoms with van der Waals surface area (Å²) in [6.07, 6.45) is 6.79. The second-order valence-electron chi connectivity index (χ2n) is 10.7. The average Bonchev–Trinajstić information content (AvgIpc) is 3.11. The lowest BCUT2D eigenvalue weighted by Gasteiger charge is -2.37. The summed E-state index contributed by atoms with van der Waals surface area (Å²) in [6, 6.07) is 9.02. The van der Waals surface area contributed by atoms with Gasteiger partial charge in [-0.1, -0.05) is 32.0 Å². The van der Waals surface area contributed by atoms with Crippen LogP contribution in [0.15, 0.2) is 30.5 Å². The molecule has 1 aromatic heterocycles. The summed E-state index contributed by atoms with van der Waals surface area (Å²) in [7, 11) is 0. The molecule has 168 valence electrons. The van der Waals surface area contributed by atoms with E-state index in [4.69, 9.17) is 5.10 Å². The molecule has 4 rings (SSSR count). The highest BCUT2D eigenvalue weighted by Crippen LogP contribution is 2.41. The molecule has 1 saturated heterocycles. The van der Waals surface area contributed by atoms with Crippen LogP contribution in [0.2, 0.25) is 0 Å². The second kappa shape index (κ2) is 8.78. The van der Waals surface area contributed by atoms with Crippen molar-refractivity contribution in [3.05, 3.63) is 47.3 Å². The summed E-state index contributed by atoms with van der Waals surface area (Å²) < 4.78 is 2.09. The third-order valence-corrected chi connectivity index (χ3v) is 7.21. The molecule has 5 nitrogen and oxygen atoms in total. The zero-order valence-corrected chi connectivity index (χ0v) is 19.8. The highest BCUT2D eigenvalue weighted by molar-refractivity contribution is 5.76. The number of benzene rings is 1. The summed E-state index contributed by atoms with van der Waals surface area (Å²) in [6.45, 7) is 13.5. The van der Waals surface area contributed by atoms with Crippen LogP contribution in [0, 0.1) is 18.3 Å². The number of carbonyl (C=O) groups excluding carboxylic acids is 1. The summed E-state index contributed by atoms with van der Waals surface area (Å²) >= 11 is 0. The number of para-hydroxylation sites is 1. The van der Waals surface area contributed by atoms with Gasteiger partial charge >= 0.3 is 0 Å². The molecular formula is C26H38N4O. The van der Waals surface area contributed by atoms with Gasteiger partial charge < -0.3 is 10.2 Å². The highest BCUT2D eigenvalue weighted by atomic mass is 16.1. The van der Waals surface area contributed by atoms with E-state index in [1.807, 2.05) is 6.20 Å². The lowest BCUT2D eigenvalue weighted by molar-refractivity contribution is -0.123. The Morgan fingerprint density at radius 1 is 1.23 bits per heavy atom. The summed E-state index contributed by atoms with van der Waals surface area (Å²) in [5.41, 5.74) is 4.88. The van der Waals surface area contributed by atoms with Crippen LogP contribution < -0.4 is 5.32 Å². The van der Waals surface area contributed by atoms with Crippen LogP contribution in [-0.2, 0) is 11.2 Å². The van der Waals surface area contributed by atoms with Crippen molar-refractivity contribution in [3.63, 3.8) is 0 Å². The van der Waals surface area contributed by atoms with E-state index in [0.29, 0.717) is 18.4 Å². The number of amides is 1. The normalized spacial score (nSPS) is 21.8. The van der Waals surface area contributed by atoms with Gasteiger partial charge in [-0.3, -0.25) is 4.79 Å². The first kappa shape index (κ1) is 22.1. The molecule has 0 unspecified atom stereocenters. The maximum Gasteiger partial charge on any atom is 0.220 e. The lowest BCUT2D eigenvalue weighted by Crippen LogP contribution is -2.41. The maximum atomic E-state index is 13.0. The van der Waals surface area contributed by atoms with E-state index >= 15 is 0 Å².